The fraction of sp³-hybridized carbons (Fsp3) is 0. The largest absolute Gasteiger partial charge is 0.310 e. The summed E-state index contributed by atoms with van der Waals surface area (Å²) in [5, 5.41) is 19.1. The molecule has 0 bridgehead atoms. The third-order valence-electron chi connectivity index (χ3n) is 10.7. The van der Waals surface area contributed by atoms with Crippen molar-refractivity contribution in [3.63, 3.8) is 0 Å². The fourth-order valence-electron chi connectivity index (χ4n) is 8.16. The summed E-state index contributed by atoms with van der Waals surface area (Å²) < 4.78 is 0. The standard InChI is InChI=1S/C52H33N3/c53-33-35-18-24-42(25-19-35)55(44-28-22-36-9-1-2-11-39(36)31-44)43-26-20-37(21-27-43)40-23-29-49-50(32-40)52(46-17-7-12-38-10-3-4-14-45(38)46)48-16-6-5-15-47(48)51(49)41-13-8-30-54-34-41/h1-32,34H. The Labute approximate surface area is 319 Å². The summed E-state index contributed by atoms with van der Waals surface area (Å²) in [6.07, 6.45) is 3.81. The Morgan fingerprint density at radius 3 is 1.76 bits per heavy atom. The normalized spacial score (nSPS) is 11.3. The zero-order valence-corrected chi connectivity index (χ0v) is 29.9. The van der Waals surface area contributed by atoms with Gasteiger partial charge in [-0.15, -0.1) is 0 Å². The molecule has 0 aliphatic heterocycles. The van der Waals surface area contributed by atoms with Gasteiger partial charge in [0.15, 0.2) is 0 Å². The van der Waals surface area contributed by atoms with E-state index in [9.17, 15) is 5.26 Å². The molecule has 0 N–H and O–H groups in total. The fourth-order valence-corrected chi connectivity index (χ4v) is 8.16. The SMILES string of the molecule is N#Cc1ccc(N(c2ccc(-c3ccc4c(-c5cccnc5)c5ccccc5c(-c5cccc6ccccc56)c4c3)cc2)c2ccc3ccccc3c2)cc1. The van der Waals surface area contributed by atoms with Crippen LogP contribution in [0.4, 0.5) is 17.1 Å². The highest BCUT2D eigenvalue weighted by Gasteiger charge is 2.19. The number of pyridine rings is 1. The van der Waals surface area contributed by atoms with Crippen molar-refractivity contribution in [2.75, 3.05) is 4.90 Å². The summed E-state index contributed by atoms with van der Waals surface area (Å²) in [6.45, 7) is 0. The van der Waals surface area contributed by atoms with Crippen molar-refractivity contribution >= 4 is 60.2 Å². The average Bonchev–Trinajstić information content (AvgIpc) is 3.26. The Morgan fingerprint density at radius 2 is 1.02 bits per heavy atom. The van der Waals surface area contributed by atoms with E-state index < -0.39 is 0 Å². The molecule has 3 heteroatoms. The number of nitrogens with zero attached hydrogens (tertiary/aromatic N) is 3. The topological polar surface area (TPSA) is 39.9 Å². The smallest absolute Gasteiger partial charge is 0.0991 e. The quantitative estimate of drug-likeness (QED) is 0.162. The van der Waals surface area contributed by atoms with Gasteiger partial charge in [-0.05, 0) is 132 Å². The van der Waals surface area contributed by atoms with E-state index >= 15 is 0 Å². The maximum atomic E-state index is 9.51. The molecule has 256 valence electrons. The summed E-state index contributed by atoms with van der Waals surface area (Å²) in [7, 11) is 0. The molecular weight excluding hydrogens is 667 g/mol. The Morgan fingerprint density at radius 1 is 0.400 bits per heavy atom. The zero-order valence-electron chi connectivity index (χ0n) is 29.9. The lowest BCUT2D eigenvalue weighted by molar-refractivity contribution is 1.29. The molecule has 0 fully saturated rings. The highest BCUT2D eigenvalue weighted by Crippen LogP contribution is 2.46. The van der Waals surface area contributed by atoms with Crippen LogP contribution < -0.4 is 4.90 Å². The summed E-state index contributed by atoms with van der Waals surface area (Å²) in [6, 6.07) is 69.0. The lowest BCUT2D eigenvalue weighted by Gasteiger charge is -2.26. The van der Waals surface area contributed by atoms with Crippen LogP contribution in [0.15, 0.2) is 200 Å². The molecule has 0 saturated heterocycles. The number of benzene rings is 9. The third kappa shape index (κ3) is 5.65. The van der Waals surface area contributed by atoms with Gasteiger partial charge in [0.2, 0.25) is 0 Å². The van der Waals surface area contributed by atoms with E-state index in [2.05, 4.69) is 174 Å². The maximum Gasteiger partial charge on any atom is 0.0991 e. The summed E-state index contributed by atoms with van der Waals surface area (Å²) in [5.41, 5.74) is 10.7. The van der Waals surface area contributed by atoms with Crippen molar-refractivity contribution in [1.29, 1.82) is 5.26 Å². The molecule has 55 heavy (non-hydrogen) atoms. The molecule has 0 aliphatic rings. The highest BCUT2D eigenvalue weighted by atomic mass is 15.1. The van der Waals surface area contributed by atoms with Crippen molar-refractivity contribution in [3.8, 4) is 39.4 Å². The molecular formula is C52H33N3. The first kappa shape index (κ1) is 32.1. The molecule has 9 aromatic carbocycles. The first-order valence-corrected chi connectivity index (χ1v) is 18.5. The van der Waals surface area contributed by atoms with E-state index in [-0.39, 0.29) is 0 Å². The summed E-state index contributed by atoms with van der Waals surface area (Å²) in [4.78, 5) is 6.79. The van der Waals surface area contributed by atoms with E-state index in [0.717, 1.165) is 33.8 Å². The highest BCUT2D eigenvalue weighted by molar-refractivity contribution is 6.24. The van der Waals surface area contributed by atoms with Crippen LogP contribution in [-0.2, 0) is 0 Å². The predicted octanol–water partition coefficient (Wildman–Crippen LogP) is 14.0. The van der Waals surface area contributed by atoms with Gasteiger partial charge in [0.25, 0.3) is 0 Å². The van der Waals surface area contributed by atoms with Gasteiger partial charge in [0.1, 0.15) is 0 Å². The number of nitriles is 1. The van der Waals surface area contributed by atoms with Crippen LogP contribution in [0.25, 0.3) is 76.5 Å². The van der Waals surface area contributed by atoms with Crippen LogP contribution in [0.2, 0.25) is 0 Å². The van der Waals surface area contributed by atoms with Crippen molar-refractivity contribution in [1.82, 2.24) is 4.98 Å². The average molecular weight is 700 g/mol. The predicted molar refractivity (Wildman–Crippen MR) is 230 cm³/mol. The van der Waals surface area contributed by atoms with E-state index in [0.29, 0.717) is 5.56 Å². The second kappa shape index (κ2) is 13.5. The van der Waals surface area contributed by atoms with Gasteiger partial charge in [-0.25, -0.2) is 0 Å². The Hall–Kier alpha value is -7.54. The molecule has 3 nitrogen and oxygen atoms in total. The van der Waals surface area contributed by atoms with Gasteiger partial charge >= 0.3 is 0 Å². The number of anilines is 3. The van der Waals surface area contributed by atoms with Gasteiger partial charge in [0, 0.05) is 35.0 Å². The minimum absolute atomic E-state index is 0.635. The van der Waals surface area contributed by atoms with Crippen molar-refractivity contribution in [3.05, 3.63) is 206 Å². The minimum atomic E-state index is 0.635. The van der Waals surface area contributed by atoms with Crippen LogP contribution in [0.5, 0.6) is 0 Å². The Balaban J connectivity index is 1.16. The number of hydrogen-bond acceptors (Lipinski definition) is 3. The lowest BCUT2D eigenvalue weighted by Crippen LogP contribution is -2.09. The lowest BCUT2D eigenvalue weighted by atomic mass is 9.84. The molecule has 10 rings (SSSR count). The number of rotatable bonds is 6. The molecule has 0 aliphatic carbocycles. The third-order valence-corrected chi connectivity index (χ3v) is 10.7. The molecule has 0 saturated carbocycles. The van der Waals surface area contributed by atoms with Crippen LogP contribution in [0, 0.1) is 11.3 Å². The Kier molecular flexibility index (Phi) is 7.86. The van der Waals surface area contributed by atoms with Crippen LogP contribution in [0.1, 0.15) is 5.56 Å². The van der Waals surface area contributed by atoms with Crippen LogP contribution >= 0.6 is 0 Å². The van der Waals surface area contributed by atoms with Gasteiger partial charge in [-0.2, -0.15) is 5.26 Å². The monoisotopic (exact) mass is 699 g/mol. The van der Waals surface area contributed by atoms with E-state index in [1.54, 1.807) is 0 Å². The van der Waals surface area contributed by atoms with Crippen molar-refractivity contribution in [2.45, 2.75) is 0 Å². The van der Waals surface area contributed by atoms with Gasteiger partial charge < -0.3 is 4.90 Å². The molecule has 0 amide bonds. The maximum absolute atomic E-state index is 9.51. The Bertz CT molecular complexity index is 3080. The van der Waals surface area contributed by atoms with Crippen LogP contribution in [0.3, 0.4) is 0 Å². The molecule has 0 radical (unpaired) electrons. The first-order chi connectivity index (χ1) is 27.2. The number of aromatic nitrogens is 1. The second-order valence-corrected chi connectivity index (χ2v) is 13.9. The van der Waals surface area contributed by atoms with Crippen LogP contribution in [-0.4, -0.2) is 4.98 Å². The van der Waals surface area contributed by atoms with E-state index in [1.165, 1.54) is 59.8 Å². The zero-order chi connectivity index (χ0) is 36.7. The van der Waals surface area contributed by atoms with Gasteiger partial charge in [-0.3, -0.25) is 4.98 Å². The van der Waals surface area contributed by atoms with Gasteiger partial charge in [0.05, 0.1) is 11.6 Å². The molecule has 0 spiro atoms. The molecule has 0 atom stereocenters. The molecule has 0 unspecified atom stereocenters. The summed E-state index contributed by atoms with van der Waals surface area (Å²) >= 11 is 0. The number of hydrogen-bond donors (Lipinski definition) is 0. The van der Waals surface area contributed by atoms with E-state index in [4.69, 9.17) is 0 Å². The van der Waals surface area contributed by atoms with Gasteiger partial charge in [-0.1, -0.05) is 127 Å². The van der Waals surface area contributed by atoms with E-state index in [1.807, 2.05) is 42.7 Å². The number of fused-ring (bicyclic) bond motifs is 4. The molecule has 1 heterocycles. The first-order valence-electron chi connectivity index (χ1n) is 18.5. The molecule has 1 aromatic heterocycles. The minimum Gasteiger partial charge on any atom is -0.310 e. The van der Waals surface area contributed by atoms with Crippen molar-refractivity contribution < 1.29 is 0 Å². The second-order valence-electron chi connectivity index (χ2n) is 13.9. The van der Waals surface area contributed by atoms with Crippen molar-refractivity contribution in [2.24, 2.45) is 0 Å². The summed E-state index contributed by atoms with van der Waals surface area (Å²) in [5.74, 6) is 0. The molecule has 10 aromatic rings.